The zero-order valence-corrected chi connectivity index (χ0v) is 12.4. The molecule has 2 heteroatoms. The van der Waals surface area contributed by atoms with Gasteiger partial charge in [-0.2, -0.15) is 0 Å². The van der Waals surface area contributed by atoms with Crippen molar-refractivity contribution in [1.29, 1.82) is 0 Å². The number of benzene rings is 2. The normalized spacial score (nSPS) is 12.8. The summed E-state index contributed by atoms with van der Waals surface area (Å²) in [7, 11) is 0. The lowest BCUT2D eigenvalue weighted by molar-refractivity contribution is 0.539. The van der Waals surface area contributed by atoms with Crippen molar-refractivity contribution in [2.75, 3.05) is 0 Å². The van der Waals surface area contributed by atoms with Crippen molar-refractivity contribution in [1.82, 2.24) is 0 Å². The van der Waals surface area contributed by atoms with E-state index < -0.39 is 0 Å². The second kappa shape index (κ2) is 5.34. The maximum absolute atomic E-state index is 6.53. The minimum atomic E-state index is -0.135. The molecule has 1 nitrogen and oxygen atoms in total. The molecule has 0 aliphatic rings. The van der Waals surface area contributed by atoms with Crippen molar-refractivity contribution in [2.24, 2.45) is 0 Å². The highest BCUT2D eigenvalue weighted by atomic mass is 35.5. The fraction of sp³-hybridized carbons (Fsp3) is 0.222. The van der Waals surface area contributed by atoms with E-state index in [4.69, 9.17) is 16.0 Å². The minimum Gasteiger partial charge on any atom is -0.459 e. The first-order valence-corrected chi connectivity index (χ1v) is 7.26. The molecule has 0 amide bonds. The Hall–Kier alpha value is -1.73. The van der Waals surface area contributed by atoms with E-state index in [9.17, 15) is 0 Å². The largest absolute Gasteiger partial charge is 0.459 e. The maximum atomic E-state index is 6.53. The maximum Gasteiger partial charge on any atom is 0.134 e. The number of rotatable bonds is 3. The highest BCUT2D eigenvalue weighted by Crippen LogP contribution is 2.31. The van der Waals surface area contributed by atoms with Crippen LogP contribution in [0, 0.1) is 13.8 Å². The molecule has 0 aliphatic carbocycles. The van der Waals surface area contributed by atoms with E-state index in [0.29, 0.717) is 0 Å². The first-order chi connectivity index (χ1) is 9.63. The molecule has 0 spiro atoms. The third-order valence-corrected chi connectivity index (χ3v) is 4.03. The Morgan fingerprint density at radius 2 is 1.85 bits per heavy atom. The molecule has 0 bridgehead atoms. The van der Waals surface area contributed by atoms with Crippen molar-refractivity contribution in [2.45, 2.75) is 25.6 Å². The van der Waals surface area contributed by atoms with Gasteiger partial charge in [-0.3, -0.25) is 0 Å². The lowest BCUT2D eigenvalue weighted by Gasteiger charge is -2.09. The Kier molecular flexibility index (Phi) is 3.54. The fourth-order valence-electron chi connectivity index (χ4n) is 2.47. The number of aryl methyl sites for hydroxylation is 2. The van der Waals surface area contributed by atoms with Gasteiger partial charge in [0.05, 0.1) is 5.38 Å². The van der Waals surface area contributed by atoms with Crippen molar-refractivity contribution in [3.05, 3.63) is 71.0 Å². The smallest absolute Gasteiger partial charge is 0.134 e. The number of halogens is 1. The predicted octanol–water partition coefficient (Wildman–Crippen LogP) is 5.57. The molecule has 0 N–H and O–H groups in total. The molecule has 20 heavy (non-hydrogen) atoms. The Bertz CT molecular complexity index is 742. The van der Waals surface area contributed by atoms with Gasteiger partial charge >= 0.3 is 0 Å². The lowest BCUT2D eigenvalue weighted by atomic mass is 10.0. The summed E-state index contributed by atoms with van der Waals surface area (Å²) in [6.45, 7) is 4.19. The second-order valence-electron chi connectivity index (χ2n) is 5.29. The van der Waals surface area contributed by atoms with Crippen LogP contribution in [0.5, 0.6) is 0 Å². The minimum absolute atomic E-state index is 0.135. The van der Waals surface area contributed by atoms with Crippen LogP contribution in [0.1, 0.15) is 27.8 Å². The van der Waals surface area contributed by atoms with Gasteiger partial charge in [0, 0.05) is 5.39 Å². The van der Waals surface area contributed by atoms with E-state index in [2.05, 4.69) is 44.2 Å². The highest BCUT2D eigenvalue weighted by molar-refractivity contribution is 6.20. The van der Waals surface area contributed by atoms with Crippen LogP contribution in [0.15, 0.2) is 52.9 Å². The van der Waals surface area contributed by atoms with Gasteiger partial charge in [0.25, 0.3) is 0 Å². The number of hydrogen-bond donors (Lipinski definition) is 0. The van der Waals surface area contributed by atoms with E-state index in [-0.39, 0.29) is 5.38 Å². The van der Waals surface area contributed by atoms with Gasteiger partial charge in [0.1, 0.15) is 11.3 Å². The Morgan fingerprint density at radius 3 is 2.65 bits per heavy atom. The number of alkyl halides is 1. The van der Waals surface area contributed by atoms with Crippen molar-refractivity contribution in [3.8, 4) is 0 Å². The molecule has 3 rings (SSSR count). The van der Waals surface area contributed by atoms with Crippen molar-refractivity contribution in [3.63, 3.8) is 0 Å². The van der Waals surface area contributed by atoms with E-state index in [1.165, 1.54) is 16.7 Å². The molecular formula is C18H17ClO. The summed E-state index contributed by atoms with van der Waals surface area (Å²) in [5.41, 5.74) is 4.67. The van der Waals surface area contributed by atoms with Crippen molar-refractivity contribution >= 4 is 22.6 Å². The van der Waals surface area contributed by atoms with Crippen LogP contribution in [0.2, 0.25) is 0 Å². The molecule has 0 saturated heterocycles. The fourth-order valence-corrected chi connectivity index (χ4v) is 2.74. The molecule has 1 aromatic heterocycles. The molecule has 1 heterocycles. The summed E-state index contributed by atoms with van der Waals surface area (Å²) in [4.78, 5) is 0. The molecule has 0 aliphatic heterocycles. The number of furan rings is 1. The zero-order chi connectivity index (χ0) is 14.1. The summed E-state index contributed by atoms with van der Waals surface area (Å²) in [6, 6.07) is 16.6. The van der Waals surface area contributed by atoms with Gasteiger partial charge in [0.2, 0.25) is 0 Å². The van der Waals surface area contributed by atoms with Gasteiger partial charge in [-0.05, 0) is 49.6 Å². The van der Waals surface area contributed by atoms with Crippen LogP contribution in [0.3, 0.4) is 0 Å². The van der Waals surface area contributed by atoms with Crippen molar-refractivity contribution < 1.29 is 4.42 Å². The van der Waals surface area contributed by atoms with E-state index in [1.807, 2.05) is 18.2 Å². The topological polar surface area (TPSA) is 13.1 Å². The molecule has 0 fully saturated rings. The Balaban J connectivity index is 1.89. The lowest BCUT2D eigenvalue weighted by Crippen LogP contribution is -1.96. The molecule has 0 radical (unpaired) electrons. The standard InChI is InChI=1S/C18H17ClO/c1-12-7-8-17-15(9-12)11-18(20-17)16(19)10-14-6-4-3-5-13(14)2/h3-9,11,16H,10H2,1-2H3. The molecule has 1 atom stereocenters. The van der Waals surface area contributed by atoms with E-state index in [1.54, 1.807) is 0 Å². The molecule has 1 unspecified atom stereocenters. The van der Waals surface area contributed by atoms with Crippen LogP contribution in [-0.4, -0.2) is 0 Å². The molecule has 2 aromatic carbocycles. The third kappa shape index (κ3) is 2.59. The summed E-state index contributed by atoms with van der Waals surface area (Å²) >= 11 is 6.53. The van der Waals surface area contributed by atoms with Crippen LogP contribution < -0.4 is 0 Å². The van der Waals surface area contributed by atoms with Gasteiger partial charge in [-0.25, -0.2) is 0 Å². The van der Waals surface area contributed by atoms with Gasteiger partial charge in [-0.15, -0.1) is 11.6 Å². The quantitative estimate of drug-likeness (QED) is 0.573. The summed E-state index contributed by atoms with van der Waals surface area (Å²) < 4.78 is 5.86. The zero-order valence-electron chi connectivity index (χ0n) is 11.7. The third-order valence-electron chi connectivity index (χ3n) is 3.66. The second-order valence-corrected chi connectivity index (χ2v) is 5.82. The molecular weight excluding hydrogens is 268 g/mol. The first kappa shape index (κ1) is 13.3. The Labute approximate surface area is 124 Å². The SMILES string of the molecule is Cc1ccc2oc(C(Cl)Cc3ccccc3C)cc2c1. The summed E-state index contributed by atoms with van der Waals surface area (Å²) in [5.74, 6) is 0.843. The van der Waals surface area contributed by atoms with Crippen LogP contribution in [0.25, 0.3) is 11.0 Å². The van der Waals surface area contributed by atoms with Gasteiger partial charge in [0.15, 0.2) is 0 Å². The van der Waals surface area contributed by atoms with Gasteiger partial charge < -0.3 is 4.42 Å². The first-order valence-electron chi connectivity index (χ1n) is 6.82. The Morgan fingerprint density at radius 1 is 1.05 bits per heavy atom. The molecule has 3 aromatic rings. The summed E-state index contributed by atoms with van der Waals surface area (Å²) in [6.07, 6.45) is 0.785. The number of fused-ring (bicyclic) bond motifs is 1. The van der Waals surface area contributed by atoms with Gasteiger partial charge in [-0.1, -0.05) is 35.9 Å². The van der Waals surface area contributed by atoms with Crippen LogP contribution in [-0.2, 0) is 6.42 Å². The highest BCUT2D eigenvalue weighted by Gasteiger charge is 2.15. The average molecular weight is 285 g/mol. The molecule has 102 valence electrons. The average Bonchev–Trinajstić information content (AvgIpc) is 2.84. The molecule has 0 saturated carbocycles. The number of hydrogen-bond acceptors (Lipinski definition) is 1. The predicted molar refractivity (Wildman–Crippen MR) is 84.4 cm³/mol. The monoisotopic (exact) mass is 284 g/mol. The van der Waals surface area contributed by atoms with Crippen LogP contribution >= 0.6 is 11.6 Å². The van der Waals surface area contributed by atoms with E-state index in [0.717, 1.165) is 23.2 Å². The van der Waals surface area contributed by atoms with Crippen LogP contribution in [0.4, 0.5) is 0 Å². The van der Waals surface area contributed by atoms with E-state index >= 15 is 0 Å². The summed E-state index contributed by atoms with van der Waals surface area (Å²) in [5, 5.41) is 0.985.